The fourth-order valence-electron chi connectivity index (χ4n) is 2.88. The molecule has 0 bridgehead atoms. The van der Waals surface area contributed by atoms with Crippen molar-refractivity contribution in [2.75, 3.05) is 0 Å². The number of aromatic nitrogens is 4. The van der Waals surface area contributed by atoms with Gasteiger partial charge in [-0.15, -0.1) is 0 Å². The Hall–Kier alpha value is -3.28. The van der Waals surface area contributed by atoms with Crippen molar-refractivity contribution in [2.24, 2.45) is 0 Å². The van der Waals surface area contributed by atoms with Crippen molar-refractivity contribution in [3.8, 4) is 22.8 Å². The minimum atomic E-state index is -0.462. The van der Waals surface area contributed by atoms with Gasteiger partial charge in [-0.1, -0.05) is 6.07 Å². The highest BCUT2D eigenvalue weighted by Gasteiger charge is 2.13. The largest absolute Gasteiger partial charge is 0.434 e. The van der Waals surface area contributed by atoms with Crippen molar-refractivity contribution in [3.05, 3.63) is 72.5 Å². The van der Waals surface area contributed by atoms with Crippen LogP contribution in [0.25, 0.3) is 16.6 Å². The molecule has 3 aromatic heterocycles. The Bertz CT molecular complexity index is 1050. The molecule has 0 aliphatic heterocycles. The van der Waals surface area contributed by atoms with Crippen LogP contribution in [0.2, 0.25) is 0 Å². The first-order valence-electron chi connectivity index (χ1n) is 7.81. The molecule has 0 atom stereocenters. The van der Waals surface area contributed by atoms with Crippen LogP contribution in [0.4, 0.5) is 4.39 Å². The van der Waals surface area contributed by atoms with Crippen molar-refractivity contribution in [2.45, 2.75) is 13.8 Å². The van der Waals surface area contributed by atoms with Crippen molar-refractivity contribution < 1.29 is 9.13 Å². The lowest BCUT2D eigenvalue weighted by atomic mass is 10.0. The monoisotopic (exact) mass is 334 g/mol. The van der Waals surface area contributed by atoms with Gasteiger partial charge in [0, 0.05) is 35.5 Å². The number of halogens is 1. The number of rotatable bonds is 3. The maximum absolute atomic E-state index is 14.6. The first kappa shape index (κ1) is 15.3. The Labute approximate surface area is 143 Å². The smallest absolute Gasteiger partial charge is 0.243 e. The summed E-state index contributed by atoms with van der Waals surface area (Å²) in [6.07, 6.45) is 6.81. The third-order valence-corrected chi connectivity index (χ3v) is 4.07. The number of hydrogen-bond acceptors (Lipinski definition) is 4. The lowest BCUT2D eigenvalue weighted by molar-refractivity contribution is 0.430. The van der Waals surface area contributed by atoms with Crippen LogP contribution >= 0.6 is 0 Å². The fourth-order valence-corrected chi connectivity index (χ4v) is 2.88. The Kier molecular flexibility index (Phi) is 3.65. The highest BCUT2D eigenvalue weighted by atomic mass is 19.1. The average Bonchev–Trinajstić information content (AvgIpc) is 3.07. The topological polar surface area (TPSA) is 52.3 Å². The second-order valence-corrected chi connectivity index (χ2v) is 5.70. The number of nitrogens with zero attached hydrogens (tertiary/aromatic N) is 4. The zero-order valence-corrected chi connectivity index (χ0v) is 13.8. The summed E-state index contributed by atoms with van der Waals surface area (Å²) in [5.74, 6) is 0.0165. The van der Waals surface area contributed by atoms with Crippen LogP contribution in [-0.4, -0.2) is 19.4 Å². The zero-order chi connectivity index (χ0) is 17.4. The Morgan fingerprint density at radius 3 is 2.56 bits per heavy atom. The third kappa shape index (κ3) is 2.71. The molecule has 0 saturated heterocycles. The third-order valence-electron chi connectivity index (χ3n) is 4.07. The van der Waals surface area contributed by atoms with Gasteiger partial charge in [-0.3, -0.25) is 0 Å². The number of aryl methyl sites for hydroxylation is 2. The van der Waals surface area contributed by atoms with E-state index in [1.165, 1.54) is 12.4 Å². The summed E-state index contributed by atoms with van der Waals surface area (Å²) in [7, 11) is 0. The molecule has 0 spiro atoms. The lowest BCUT2D eigenvalue weighted by Crippen LogP contribution is -1.97. The zero-order valence-electron chi connectivity index (χ0n) is 13.8. The van der Waals surface area contributed by atoms with Crippen molar-refractivity contribution in [1.29, 1.82) is 0 Å². The summed E-state index contributed by atoms with van der Waals surface area (Å²) in [6.45, 7) is 3.76. The van der Waals surface area contributed by atoms with E-state index in [1.807, 2.05) is 42.8 Å². The quantitative estimate of drug-likeness (QED) is 0.559. The van der Waals surface area contributed by atoms with Gasteiger partial charge in [0.05, 0.1) is 0 Å². The number of hydrogen-bond donors (Lipinski definition) is 0. The van der Waals surface area contributed by atoms with E-state index in [-0.39, 0.29) is 5.75 Å². The standard InChI is InChI=1S/C19H15FN4O/c1-12-18(13(2)23-11-22-12)14-5-6-17(15(20)10-14)25-19-16-4-3-8-24(16)9-7-21-19/h3-11H,1-2H3. The van der Waals surface area contributed by atoms with Crippen LogP contribution < -0.4 is 4.74 Å². The number of fused-ring (bicyclic) bond motifs is 1. The molecule has 25 heavy (non-hydrogen) atoms. The van der Waals surface area contributed by atoms with Gasteiger partial charge in [-0.05, 0) is 43.7 Å². The molecule has 0 N–H and O–H groups in total. The van der Waals surface area contributed by atoms with Crippen LogP contribution in [-0.2, 0) is 0 Å². The molecule has 4 aromatic rings. The summed E-state index contributed by atoms with van der Waals surface area (Å²) in [5.41, 5.74) is 3.93. The van der Waals surface area contributed by atoms with E-state index in [0.717, 1.165) is 22.5 Å². The molecule has 3 heterocycles. The molecule has 0 amide bonds. The van der Waals surface area contributed by atoms with Crippen molar-refractivity contribution >= 4 is 5.52 Å². The Balaban J connectivity index is 1.72. The van der Waals surface area contributed by atoms with Crippen LogP contribution in [0.1, 0.15) is 11.4 Å². The number of benzene rings is 1. The Morgan fingerprint density at radius 2 is 1.80 bits per heavy atom. The van der Waals surface area contributed by atoms with E-state index in [0.29, 0.717) is 11.4 Å². The van der Waals surface area contributed by atoms with E-state index in [4.69, 9.17) is 4.74 Å². The fraction of sp³-hybridized carbons (Fsp3) is 0.105. The predicted octanol–water partition coefficient (Wildman–Crippen LogP) is 4.34. The summed E-state index contributed by atoms with van der Waals surface area (Å²) in [5, 5.41) is 0. The van der Waals surface area contributed by atoms with Crippen LogP contribution in [0.5, 0.6) is 11.6 Å². The van der Waals surface area contributed by atoms with Gasteiger partial charge in [0.1, 0.15) is 11.8 Å². The molecular weight excluding hydrogens is 319 g/mol. The summed E-state index contributed by atoms with van der Waals surface area (Å²) >= 11 is 0. The second kappa shape index (κ2) is 5.98. The molecule has 0 fully saturated rings. The molecule has 0 aliphatic carbocycles. The molecule has 6 heteroatoms. The van der Waals surface area contributed by atoms with Gasteiger partial charge in [0.15, 0.2) is 11.6 Å². The van der Waals surface area contributed by atoms with E-state index < -0.39 is 5.82 Å². The highest BCUT2D eigenvalue weighted by molar-refractivity contribution is 5.69. The minimum Gasteiger partial charge on any atom is -0.434 e. The maximum Gasteiger partial charge on any atom is 0.243 e. The van der Waals surface area contributed by atoms with E-state index >= 15 is 0 Å². The van der Waals surface area contributed by atoms with Crippen LogP contribution in [0.15, 0.2) is 55.2 Å². The minimum absolute atomic E-state index is 0.123. The summed E-state index contributed by atoms with van der Waals surface area (Å²) < 4.78 is 22.2. The van der Waals surface area contributed by atoms with Gasteiger partial charge < -0.3 is 9.14 Å². The van der Waals surface area contributed by atoms with Gasteiger partial charge in [0.25, 0.3) is 0 Å². The molecule has 5 nitrogen and oxygen atoms in total. The van der Waals surface area contributed by atoms with Crippen LogP contribution in [0.3, 0.4) is 0 Å². The molecule has 0 aliphatic rings. The predicted molar refractivity (Wildman–Crippen MR) is 92.2 cm³/mol. The first-order valence-corrected chi connectivity index (χ1v) is 7.81. The number of ether oxygens (including phenoxy) is 1. The van der Waals surface area contributed by atoms with Gasteiger partial charge in [-0.2, -0.15) is 0 Å². The summed E-state index contributed by atoms with van der Waals surface area (Å²) in [6, 6.07) is 8.58. The van der Waals surface area contributed by atoms with E-state index in [2.05, 4.69) is 15.0 Å². The van der Waals surface area contributed by atoms with Crippen LogP contribution in [0, 0.1) is 19.7 Å². The molecule has 1 aromatic carbocycles. The van der Waals surface area contributed by atoms with Crippen molar-refractivity contribution in [1.82, 2.24) is 19.4 Å². The van der Waals surface area contributed by atoms with E-state index in [1.54, 1.807) is 18.3 Å². The maximum atomic E-state index is 14.6. The lowest BCUT2D eigenvalue weighted by Gasteiger charge is -2.11. The van der Waals surface area contributed by atoms with Gasteiger partial charge in [0.2, 0.25) is 5.88 Å². The van der Waals surface area contributed by atoms with Crippen molar-refractivity contribution in [3.63, 3.8) is 0 Å². The molecule has 4 rings (SSSR count). The molecule has 0 unspecified atom stereocenters. The molecule has 0 saturated carbocycles. The van der Waals surface area contributed by atoms with E-state index in [9.17, 15) is 4.39 Å². The molecule has 0 radical (unpaired) electrons. The highest BCUT2D eigenvalue weighted by Crippen LogP contribution is 2.31. The Morgan fingerprint density at radius 1 is 1.00 bits per heavy atom. The summed E-state index contributed by atoms with van der Waals surface area (Å²) in [4.78, 5) is 12.6. The SMILES string of the molecule is Cc1ncnc(C)c1-c1ccc(Oc2nccn3cccc23)c(F)c1. The molecule has 124 valence electrons. The van der Waals surface area contributed by atoms with Gasteiger partial charge in [-0.25, -0.2) is 19.3 Å². The normalized spacial score (nSPS) is 11.0. The average molecular weight is 334 g/mol. The first-order chi connectivity index (χ1) is 12.1. The second-order valence-electron chi connectivity index (χ2n) is 5.70. The van der Waals surface area contributed by atoms with Gasteiger partial charge >= 0.3 is 0 Å². The molecular formula is C19H15FN4O.